The smallest absolute Gasteiger partial charge is 0.258 e. The van der Waals surface area contributed by atoms with Gasteiger partial charge in [0.15, 0.2) is 0 Å². The van der Waals surface area contributed by atoms with Crippen molar-refractivity contribution < 1.29 is 9.31 Å². The Balaban J connectivity index is 0.000000561. The first-order valence-electron chi connectivity index (χ1n) is 3.46. The molecule has 1 aromatic heterocycles. The van der Waals surface area contributed by atoms with E-state index in [1.165, 1.54) is 0 Å². The first kappa shape index (κ1) is 10.5. The van der Waals surface area contributed by atoms with Crippen LogP contribution >= 0.6 is 0 Å². The minimum Gasteiger partial charge on any atom is -0.258 e. The highest BCUT2D eigenvalue weighted by molar-refractivity contribution is 5.23. The lowest BCUT2D eigenvalue weighted by molar-refractivity contribution is -0.385. The van der Waals surface area contributed by atoms with Crippen molar-refractivity contribution in [3.63, 3.8) is 0 Å². The molecule has 0 N–H and O–H groups in total. The minimum absolute atomic E-state index is 0.207. The molecule has 0 radical (unpaired) electrons. The highest BCUT2D eigenvalue weighted by atomic mass is 19.1. The molecular formula is C7H9FN2O2. The fraction of sp³-hybridized carbons (Fsp3) is 0.286. The van der Waals surface area contributed by atoms with Crippen LogP contribution in [0.25, 0.3) is 0 Å². The van der Waals surface area contributed by atoms with E-state index < -0.39 is 10.9 Å². The van der Waals surface area contributed by atoms with Crippen LogP contribution in [0.15, 0.2) is 18.3 Å². The number of hydrogen-bond donors (Lipinski definition) is 0. The lowest BCUT2D eigenvalue weighted by Crippen LogP contribution is -1.89. The quantitative estimate of drug-likeness (QED) is 0.370. The van der Waals surface area contributed by atoms with Crippen LogP contribution in [0.3, 0.4) is 0 Å². The largest absolute Gasteiger partial charge is 0.287 e. The molecule has 0 aliphatic carbocycles. The summed E-state index contributed by atoms with van der Waals surface area (Å²) in [4.78, 5) is 12.4. The van der Waals surface area contributed by atoms with Gasteiger partial charge in [0.2, 0.25) is 5.95 Å². The number of aromatic nitrogens is 1. The molecule has 0 fully saturated rings. The predicted octanol–water partition coefficient (Wildman–Crippen LogP) is 2.16. The number of rotatable bonds is 1. The molecule has 0 saturated carbocycles. The molecule has 0 aliphatic heterocycles. The average Bonchev–Trinajstić information content (AvgIpc) is 2.09. The molecule has 0 spiro atoms. The summed E-state index contributed by atoms with van der Waals surface area (Å²) in [5.74, 6) is -0.717. The summed E-state index contributed by atoms with van der Waals surface area (Å²) >= 11 is 0. The molecule has 1 heterocycles. The molecule has 1 aromatic rings. The summed E-state index contributed by atoms with van der Waals surface area (Å²) in [5, 5.41) is 9.96. The van der Waals surface area contributed by atoms with Crippen molar-refractivity contribution >= 4 is 5.69 Å². The van der Waals surface area contributed by atoms with Gasteiger partial charge in [-0.1, -0.05) is 13.8 Å². The zero-order chi connectivity index (χ0) is 9.56. The van der Waals surface area contributed by atoms with Crippen molar-refractivity contribution in [2.45, 2.75) is 13.8 Å². The first-order valence-corrected chi connectivity index (χ1v) is 3.46. The third-order valence-electron chi connectivity index (χ3n) is 0.923. The Morgan fingerprint density at radius 1 is 1.50 bits per heavy atom. The van der Waals surface area contributed by atoms with Crippen LogP contribution in [0, 0.1) is 16.1 Å². The van der Waals surface area contributed by atoms with E-state index >= 15 is 0 Å². The lowest BCUT2D eigenvalue weighted by atomic mass is 10.4. The summed E-state index contributed by atoms with van der Waals surface area (Å²) in [6.45, 7) is 4.00. The van der Waals surface area contributed by atoms with Gasteiger partial charge in [0.25, 0.3) is 5.69 Å². The molecule has 0 saturated heterocycles. The van der Waals surface area contributed by atoms with Crippen LogP contribution in [0.1, 0.15) is 13.8 Å². The highest BCUT2D eigenvalue weighted by Gasteiger charge is 2.03. The number of hydrogen-bond acceptors (Lipinski definition) is 3. The molecule has 5 heteroatoms. The van der Waals surface area contributed by atoms with Gasteiger partial charge in [-0.15, -0.1) is 0 Å². The Morgan fingerprint density at radius 2 is 2.08 bits per heavy atom. The first-order chi connectivity index (χ1) is 5.70. The van der Waals surface area contributed by atoms with Gasteiger partial charge in [0, 0.05) is 6.07 Å². The lowest BCUT2D eigenvalue weighted by Gasteiger charge is -1.87. The Morgan fingerprint density at radius 3 is 2.42 bits per heavy atom. The van der Waals surface area contributed by atoms with Gasteiger partial charge in [-0.25, -0.2) is 4.98 Å². The van der Waals surface area contributed by atoms with Gasteiger partial charge in [-0.2, -0.15) is 4.39 Å². The normalized spacial score (nSPS) is 8.25. The number of halogens is 1. The summed E-state index contributed by atoms with van der Waals surface area (Å²) in [7, 11) is 0. The second-order valence-corrected chi connectivity index (χ2v) is 1.60. The molecule has 1 rings (SSSR count). The maximum Gasteiger partial charge on any atom is 0.287 e. The molecule has 66 valence electrons. The van der Waals surface area contributed by atoms with E-state index in [2.05, 4.69) is 4.98 Å². The molecular weight excluding hydrogens is 163 g/mol. The molecule has 0 amide bonds. The number of nitrogens with zero attached hydrogens (tertiary/aromatic N) is 2. The van der Waals surface area contributed by atoms with Gasteiger partial charge >= 0.3 is 0 Å². The van der Waals surface area contributed by atoms with Gasteiger partial charge < -0.3 is 0 Å². The van der Waals surface area contributed by atoms with Gasteiger partial charge in [-0.05, 0) is 6.07 Å². The van der Waals surface area contributed by atoms with Crippen molar-refractivity contribution in [2.24, 2.45) is 0 Å². The number of nitro groups is 1. The second kappa shape index (κ2) is 5.17. The third-order valence-corrected chi connectivity index (χ3v) is 0.923. The molecule has 0 unspecified atom stereocenters. The van der Waals surface area contributed by atoms with Crippen LogP contribution in [0.4, 0.5) is 10.1 Å². The third kappa shape index (κ3) is 3.05. The van der Waals surface area contributed by atoms with E-state index in [9.17, 15) is 14.5 Å². The SMILES string of the molecule is CC.O=[N+]([O-])c1ccc(F)nc1. The molecule has 12 heavy (non-hydrogen) atoms. The molecule has 0 aliphatic rings. The Bertz CT molecular complexity index is 248. The second-order valence-electron chi connectivity index (χ2n) is 1.60. The summed E-state index contributed by atoms with van der Waals surface area (Å²) in [6, 6.07) is 2.00. The summed E-state index contributed by atoms with van der Waals surface area (Å²) in [6.07, 6.45) is 0.870. The molecule has 4 nitrogen and oxygen atoms in total. The molecule has 0 aromatic carbocycles. The van der Waals surface area contributed by atoms with E-state index in [-0.39, 0.29) is 5.69 Å². The Hall–Kier alpha value is -1.52. The van der Waals surface area contributed by atoms with Crippen molar-refractivity contribution in [3.05, 3.63) is 34.4 Å². The predicted molar refractivity (Wildman–Crippen MR) is 42.2 cm³/mol. The summed E-state index contributed by atoms with van der Waals surface area (Å²) in [5.41, 5.74) is -0.207. The average molecular weight is 172 g/mol. The van der Waals surface area contributed by atoms with Crippen LogP contribution in [0.2, 0.25) is 0 Å². The number of pyridine rings is 1. The van der Waals surface area contributed by atoms with Crippen molar-refractivity contribution in [2.75, 3.05) is 0 Å². The van der Waals surface area contributed by atoms with Gasteiger partial charge in [0.1, 0.15) is 6.20 Å². The standard InChI is InChI=1S/C5H3FN2O2.C2H6/c6-5-2-1-4(3-7-5)8(9)10;1-2/h1-3H;1-2H3. The van der Waals surface area contributed by atoms with Crippen LogP contribution in [-0.2, 0) is 0 Å². The van der Waals surface area contributed by atoms with E-state index in [0.29, 0.717) is 0 Å². The Kier molecular flexibility index (Phi) is 4.52. The van der Waals surface area contributed by atoms with E-state index in [0.717, 1.165) is 18.3 Å². The Labute approximate surface area is 69.2 Å². The fourth-order valence-electron chi connectivity index (χ4n) is 0.476. The van der Waals surface area contributed by atoms with Crippen LogP contribution in [0.5, 0.6) is 0 Å². The van der Waals surface area contributed by atoms with E-state index in [1.807, 2.05) is 13.8 Å². The zero-order valence-electron chi connectivity index (χ0n) is 6.82. The topological polar surface area (TPSA) is 56.0 Å². The van der Waals surface area contributed by atoms with Gasteiger partial charge in [0.05, 0.1) is 4.92 Å². The van der Waals surface area contributed by atoms with E-state index in [1.54, 1.807) is 0 Å². The summed E-state index contributed by atoms with van der Waals surface area (Å²) < 4.78 is 12.0. The van der Waals surface area contributed by atoms with Crippen LogP contribution in [-0.4, -0.2) is 9.91 Å². The van der Waals surface area contributed by atoms with Crippen LogP contribution < -0.4 is 0 Å². The minimum atomic E-state index is -0.717. The van der Waals surface area contributed by atoms with Crippen molar-refractivity contribution in [1.82, 2.24) is 4.98 Å². The molecule has 0 atom stereocenters. The van der Waals surface area contributed by atoms with Crippen molar-refractivity contribution in [1.29, 1.82) is 0 Å². The van der Waals surface area contributed by atoms with Crippen molar-refractivity contribution in [3.8, 4) is 0 Å². The highest BCUT2D eigenvalue weighted by Crippen LogP contribution is 2.06. The van der Waals surface area contributed by atoms with E-state index in [4.69, 9.17) is 0 Å². The molecule has 0 bridgehead atoms. The monoisotopic (exact) mass is 172 g/mol. The maximum absolute atomic E-state index is 12.0. The maximum atomic E-state index is 12.0. The van der Waals surface area contributed by atoms with Gasteiger partial charge in [-0.3, -0.25) is 10.1 Å². The fourth-order valence-corrected chi connectivity index (χ4v) is 0.476. The zero-order valence-corrected chi connectivity index (χ0v) is 6.82.